The molecule has 1 aromatic heterocycles. The third kappa shape index (κ3) is 3.60. The summed E-state index contributed by atoms with van der Waals surface area (Å²) in [4.78, 5) is 0. The topological polar surface area (TPSA) is 39.1 Å². The number of halogens is 3. The van der Waals surface area contributed by atoms with Gasteiger partial charge in [0.2, 0.25) is 0 Å². The molecule has 2 aromatic rings. The molecule has 4 nitrogen and oxygen atoms in total. The molecule has 0 amide bonds. The quantitative estimate of drug-likeness (QED) is 0.917. The van der Waals surface area contributed by atoms with Gasteiger partial charge in [0, 0.05) is 12.1 Å². The number of aryl methyl sites for hydroxylation is 1. The average Bonchev–Trinajstić information content (AvgIpc) is 2.78. The van der Waals surface area contributed by atoms with Gasteiger partial charge in [-0.15, -0.1) is 12.4 Å². The third-order valence-corrected chi connectivity index (χ3v) is 2.78. The molecule has 0 spiro atoms. The highest BCUT2D eigenvalue weighted by atomic mass is 35.5. The largest absolute Gasteiger partial charge is 0.496 e. The summed E-state index contributed by atoms with van der Waals surface area (Å²) in [6.45, 7) is -0.455. The molecule has 0 atom stereocenters. The first-order chi connectivity index (χ1) is 9.11. The fourth-order valence-corrected chi connectivity index (χ4v) is 1.79. The van der Waals surface area contributed by atoms with Crippen molar-refractivity contribution in [2.45, 2.75) is 20.0 Å². The minimum absolute atomic E-state index is 0. The van der Waals surface area contributed by atoms with Crippen molar-refractivity contribution in [3.8, 4) is 5.75 Å². The summed E-state index contributed by atoms with van der Waals surface area (Å²) < 4.78 is 30.9. The zero-order valence-corrected chi connectivity index (χ0v) is 12.0. The van der Waals surface area contributed by atoms with Crippen LogP contribution >= 0.6 is 12.4 Å². The highest BCUT2D eigenvalue weighted by Crippen LogP contribution is 2.21. The number of rotatable bonds is 5. The number of hydrogen-bond donors (Lipinski definition) is 1. The number of para-hydroxylation sites is 1. The SMILES string of the molecule is COc1ccccc1CNc1cn(C(F)F)nc1C.Cl. The summed E-state index contributed by atoms with van der Waals surface area (Å²) in [6.07, 6.45) is 1.30. The number of ether oxygens (including phenoxy) is 1. The number of nitrogens with one attached hydrogen (secondary N) is 1. The Morgan fingerprint density at radius 1 is 1.35 bits per heavy atom. The predicted octanol–water partition coefficient (Wildman–Crippen LogP) is 3.63. The van der Waals surface area contributed by atoms with Crippen LogP contribution in [0.4, 0.5) is 14.5 Å². The standard InChI is InChI=1S/C13H15F2N3O.ClH/c1-9-11(8-18(17-9)13(14)15)16-7-10-5-3-4-6-12(10)19-2;/h3-6,8,13,16H,7H2,1-2H3;1H. The van der Waals surface area contributed by atoms with Crippen molar-refractivity contribution >= 4 is 18.1 Å². The van der Waals surface area contributed by atoms with Gasteiger partial charge in [-0.3, -0.25) is 0 Å². The van der Waals surface area contributed by atoms with Crippen molar-refractivity contribution < 1.29 is 13.5 Å². The van der Waals surface area contributed by atoms with Crippen LogP contribution in [0, 0.1) is 6.92 Å². The van der Waals surface area contributed by atoms with Crippen LogP contribution in [-0.4, -0.2) is 16.9 Å². The molecule has 0 radical (unpaired) electrons. The van der Waals surface area contributed by atoms with Gasteiger partial charge in [0.1, 0.15) is 5.75 Å². The molecular weight excluding hydrogens is 288 g/mol. The van der Waals surface area contributed by atoms with E-state index in [4.69, 9.17) is 4.74 Å². The van der Waals surface area contributed by atoms with Gasteiger partial charge in [-0.2, -0.15) is 13.9 Å². The first-order valence-corrected chi connectivity index (χ1v) is 5.81. The van der Waals surface area contributed by atoms with E-state index in [1.165, 1.54) is 6.20 Å². The Morgan fingerprint density at radius 3 is 2.65 bits per heavy atom. The monoisotopic (exact) mass is 303 g/mol. The number of methoxy groups -OCH3 is 1. The van der Waals surface area contributed by atoms with Gasteiger partial charge >= 0.3 is 6.55 Å². The van der Waals surface area contributed by atoms with E-state index in [9.17, 15) is 8.78 Å². The van der Waals surface area contributed by atoms with E-state index in [0.29, 0.717) is 22.6 Å². The molecule has 2 rings (SSSR count). The zero-order valence-electron chi connectivity index (χ0n) is 11.1. The van der Waals surface area contributed by atoms with Gasteiger partial charge in [-0.25, -0.2) is 4.68 Å². The maximum atomic E-state index is 12.5. The van der Waals surface area contributed by atoms with Crippen LogP contribution in [0.2, 0.25) is 0 Å². The molecule has 0 bridgehead atoms. The fraction of sp³-hybridized carbons (Fsp3) is 0.308. The highest BCUT2D eigenvalue weighted by molar-refractivity contribution is 5.85. The number of aromatic nitrogens is 2. The summed E-state index contributed by atoms with van der Waals surface area (Å²) in [5.74, 6) is 0.758. The van der Waals surface area contributed by atoms with Crippen LogP contribution in [0.15, 0.2) is 30.5 Å². The summed E-state index contributed by atoms with van der Waals surface area (Å²) in [5, 5.41) is 6.82. The lowest BCUT2D eigenvalue weighted by molar-refractivity contribution is 0.0563. The summed E-state index contributed by atoms with van der Waals surface area (Å²) in [7, 11) is 1.60. The van der Waals surface area contributed by atoms with Crippen LogP contribution in [-0.2, 0) is 6.54 Å². The van der Waals surface area contributed by atoms with Crippen LogP contribution in [0.3, 0.4) is 0 Å². The van der Waals surface area contributed by atoms with Gasteiger partial charge < -0.3 is 10.1 Å². The Labute approximate surface area is 122 Å². The van der Waals surface area contributed by atoms with Crippen molar-refractivity contribution in [2.75, 3.05) is 12.4 Å². The lowest BCUT2D eigenvalue weighted by atomic mass is 10.2. The summed E-state index contributed by atoms with van der Waals surface area (Å²) in [6, 6.07) is 7.54. The van der Waals surface area contributed by atoms with Crippen LogP contribution in [0.5, 0.6) is 5.75 Å². The van der Waals surface area contributed by atoms with E-state index in [-0.39, 0.29) is 12.4 Å². The van der Waals surface area contributed by atoms with Crippen LogP contribution < -0.4 is 10.1 Å². The molecule has 0 fully saturated rings. The first kappa shape index (κ1) is 16.2. The Bertz CT molecular complexity index is 560. The number of nitrogens with zero attached hydrogens (tertiary/aromatic N) is 2. The summed E-state index contributed by atoms with van der Waals surface area (Å²) in [5.41, 5.74) is 2.08. The lowest BCUT2D eigenvalue weighted by Gasteiger charge is -2.09. The molecule has 0 aliphatic heterocycles. The van der Waals surface area contributed by atoms with Gasteiger partial charge in [0.05, 0.1) is 24.7 Å². The molecule has 0 aliphatic carbocycles. The third-order valence-electron chi connectivity index (χ3n) is 2.78. The number of anilines is 1. The van der Waals surface area contributed by atoms with E-state index >= 15 is 0 Å². The molecule has 110 valence electrons. The molecular formula is C13H16ClF2N3O. The average molecular weight is 304 g/mol. The minimum atomic E-state index is -2.62. The predicted molar refractivity (Wildman–Crippen MR) is 75.8 cm³/mol. The molecule has 0 saturated carbocycles. The Morgan fingerprint density at radius 2 is 2.05 bits per heavy atom. The van der Waals surface area contributed by atoms with Crippen molar-refractivity contribution in [2.24, 2.45) is 0 Å². The molecule has 1 aromatic carbocycles. The number of hydrogen-bond acceptors (Lipinski definition) is 3. The van der Waals surface area contributed by atoms with Crippen molar-refractivity contribution in [3.63, 3.8) is 0 Å². The van der Waals surface area contributed by atoms with Crippen molar-refractivity contribution in [1.82, 2.24) is 9.78 Å². The Hall–Kier alpha value is -1.82. The second kappa shape index (κ2) is 7.09. The van der Waals surface area contributed by atoms with E-state index in [0.717, 1.165) is 11.3 Å². The molecule has 0 saturated heterocycles. The maximum absolute atomic E-state index is 12.5. The van der Waals surface area contributed by atoms with Gasteiger partial charge in [0.25, 0.3) is 0 Å². The fourth-order valence-electron chi connectivity index (χ4n) is 1.79. The lowest BCUT2D eigenvalue weighted by Crippen LogP contribution is -2.01. The van der Waals surface area contributed by atoms with E-state index in [1.54, 1.807) is 14.0 Å². The second-order valence-corrected chi connectivity index (χ2v) is 4.05. The smallest absolute Gasteiger partial charge is 0.333 e. The van der Waals surface area contributed by atoms with Crippen LogP contribution in [0.1, 0.15) is 17.8 Å². The Kier molecular flexibility index (Phi) is 5.76. The molecule has 0 aliphatic rings. The number of benzene rings is 1. The molecule has 7 heteroatoms. The van der Waals surface area contributed by atoms with Crippen molar-refractivity contribution in [1.29, 1.82) is 0 Å². The van der Waals surface area contributed by atoms with E-state index in [2.05, 4.69) is 10.4 Å². The normalized spacial score (nSPS) is 10.2. The van der Waals surface area contributed by atoms with Crippen LogP contribution in [0.25, 0.3) is 0 Å². The maximum Gasteiger partial charge on any atom is 0.333 e. The van der Waals surface area contributed by atoms with Gasteiger partial charge in [-0.1, -0.05) is 18.2 Å². The molecule has 1 heterocycles. The second-order valence-electron chi connectivity index (χ2n) is 4.05. The zero-order chi connectivity index (χ0) is 13.8. The van der Waals surface area contributed by atoms with Gasteiger partial charge in [0.15, 0.2) is 0 Å². The first-order valence-electron chi connectivity index (χ1n) is 5.81. The Balaban J connectivity index is 0.00000200. The number of alkyl halides is 2. The van der Waals surface area contributed by atoms with Gasteiger partial charge in [-0.05, 0) is 13.0 Å². The molecule has 1 N–H and O–H groups in total. The minimum Gasteiger partial charge on any atom is -0.496 e. The molecule has 0 unspecified atom stereocenters. The highest BCUT2D eigenvalue weighted by Gasteiger charge is 2.11. The molecule has 20 heavy (non-hydrogen) atoms. The van der Waals surface area contributed by atoms with E-state index in [1.807, 2.05) is 24.3 Å². The van der Waals surface area contributed by atoms with Crippen molar-refractivity contribution in [3.05, 3.63) is 41.7 Å². The van der Waals surface area contributed by atoms with E-state index < -0.39 is 6.55 Å². The summed E-state index contributed by atoms with van der Waals surface area (Å²) >= 11 is 0.